The van der Waals surface area contributed by atoms with E-state index in [1.807, 2.05) is 13.8 Å². The summed E-state index contributed by atoms with van der Waals surface area (Å²) in [5, 5.41) is 0. The van der Waals surface area contributed by atoms with Crippen LogP contribution in [0.4, 0.5) is 0 Å². The molecular formula is C11H21NO. The van der Waals surface area contributed by atoms with E-state index < -0.39 is 0 Å². The zero-order valence-corrected chi connectivity index (χ0v) is 9.26. The van der Waals surface area contributed by atoms with Gasteiger partial charge in [0, 0.05) is 6.42 Å². The summed E-state index contributed by atoms with van der Waals surface area (Å²) in [6.45, 7) is 13.5. The fourth-order valence-corrected chi connectivity index (χ4v) is 1.57. The van der Waals surface area contributed by atoms with Crippen LogP contribution in [-0.4, -0.2) is 29.3 Å². The zero-order valence-electron chi connectivity index (χ0n) is 9.26. The van der Waals surface area contributed by atoms with Crippen LogP contribution in [0, 0.1) is 0 Å². The molecule has 0 N–H and O–H groups in total. The third-order valence-corrected chi connectivity index (χ3v) is 2.57. The number of allylic oxidation sites excluding steroid dienone is 1. The van der Waals surface area contributed by atoms with Crippen molar-refractivity contribution in [2.75, 3.05) is 13.1 Å². The number of carbonyl (C=O) groups excluding carboxylic acids is 1. The monoisotopic (exact) mass is 183 g/mol. The van der Waals surface area contributed by atoms with Crippen molar-refractivity contribution in [3.63, 3.8) is 0 Å². The predicted molar refractivity (Wildman–Crippen MR) is 56.8 cm³/mol. The molecule has 0 aliphatic heterocycles. The second kappa shape index (κ2) is 5.18. The van der Waals surface area contributed by atoms with Crippen LogP contribution in [0.25, 0.3) is 0 Å². The van der Waals surface area contributed by atoms with E-state index in [0.717, 1.165) is 13.1 Å². The molecule has 0 rings (SSSR count). The lowest BCUT2D eigenvalue weighted by Crippen LogP contribution is -2.49. The number of rotatable bonds is 6. The summed E-state index contributed by atoms with van der Waals surface area (Å²) in [5.41, 5.74) is -0.350. The van der Waals surface area contributed by atoms with E-state index in [1.165, 1.54) is 0 Å². The minimum absolute atomic E-state index is 0.242. The van der Waals surface area contributed by atoms with E-state index in [2.05, 4.69) is 25.3 Å². The molecule has 0 atom stereocenters. The third kappa shape index (κ3) is 2.96. The second-order valence-electron chi connectivity index (χ2n) is 3.65. The summed E-state index contributed by atoms with van der Waals surface area (Å²) in [6, 6.07) is 0. The molecule has 0 radical (unpaired) electrons. The van der Waals surface area contributed by atoms with Gasteiger partial charge in [0.25, 0.3) is 0 Å². The van der Waals surface area contributed by atoms with Crippen LogP contribution in [0.15, 0.2) is 12.7 Å². The van der Waals surface area contributed by atoms with Crippen LogP contribution in [-0.2, 0) is 4.79 Å². The van der Waals surface area contributed by atoms with Gasteiger partial charge in [-0.25, -0.2) is 0 Å². The number of Topliss-reactive ketones (excluding diaryl/α,β-unsaturated/α-hetero) is 1. The molecule has 0 aromatic carbocycles. The van der Waals surface area contributed by atoms with E-state index in [0.29, 0.717) is 6.42 Å². The average Bonchev–Trinajstić information content (AvgIpc) is 2.06. The van der Waals surface area contributed by atoms with Gasteiger partial charge in [0.15, 0.2) is 5.78 Å². The van der Waals surface area contributed by atoms with E-state index in [1.54, 1.807) is 6.08 Å². The summed E-state index contributed by atoms with van der Waals surface area (Å²) in [6.07, 6.45) is 2.14. The Hall–Kier alpha value is -0.630. The first-order valence-electron chi connectivity index (χ1n) is 4.89. The van der Waals surface area contributed by atoms with Crippen molar-refractivity contribution in [1.29, 1.82) is 0 Å². The Morgan fingerprint density at radius 2 is 1.85 bits per heavy atom. The fraction of sp³-hybridized carbons (Fsp3) is 0.727. The Kier molecular flexibility index (Phi) is 4.92. The number of hydrogen-bond donors (Lipinski definition) is 0. The van der Waals surface area contributed by atoms with Gasteiger partial charge in [0.2, 0.25) is 0 Å². The quantitative estimate of drug-likeness (QED) is 0.589. The van der Waals surface area contributed by atoms with Gasteiger partial charge in [-0.2, -0.15) is 0 Å². The van der Waals surface area contributed by atoms with Gasteiger partial charge in [-0.1, -0.05) is 19.9 Å². The Balaban J connectivity index is 4.50. The molecule has 76 valence electrons. The lowest BCUT2D eigenvalue weighted by molar-refractivity contribution is -0.128. The minimum atomic E-state index is -0.350. The summed E-state index contributed by atoms with van der Waals surface area (Å²) in [7, 11) is 0. The summed E-state index contributed by atoms with van der Waals surface area (Å²) in [5.74, 6) is 0.242. The molecule has 0 amide bonds. The van der Waals surface area contributed by atoms with Gasteiger partial charge < -0.3 is 0 Å². The van der Waals surface area contributed by atoms with E-state index in [-0.39, 0.29) is 11.3 Å². The smallest absolute Gasteiger partial charge is 0.156 e. The summed E-state index contributed by atoms with van der Waals surface area (Å²) < 4.78 is 0. The SMILES string of the molecule is C=CCC(=O)C(C)(C)N(CC)CC. The number of hydrogen-bond acceptors (Lipinski definition) is 2. The molecular weight excluding hydrogens is 162 g/mol. The first-order valence-corrected chi connectivity index (χ1v) is 4.89. The topological polar surface area (TPSA) is 20.3 Å². The van der Waals surface area contributed by atoms with Crippen molar-refractivity contribution in [1.82, 2.24) is 4.90 Å². The number of nitrogens with zero attached hydrogens (tertiary/aromatic N) is 1. The van der Waals surface area contributed by atoms with Crippen molar-refractivity contribution in [3.8, 4) is 0 Å². The molecule has 0 aliphatic rings. The molecule has 2 nitrogen and oxygen atoms in total. The highest BCUT2D eigenvalue weighted by atomic mass is 16.1. The average molecular weight is 183 g/mol. The highest BCUT2D eigenvalue weighted by Gasteiger charge is 2.30. The molecule has 13 heavy (non-hydrogen) atoms. The number of carbonyl (C=O) groups is 1. The van der Waals surface area contributed by atoms with Gasteiger partial charge in [0.05, 0.1) is 5.54 Å². The second-order valence-corrected chi connectivity index (χ2v) is 3.65. The van der Waals surface area contributed by atoms with Gasteiger partial charge in [-0.05, 0) is 26.9 Å². The lowest BCUT2D eigenvalue weighted by atomic mass is 9.94. The number of ketones is 1. The highest BCUT2D eigenvalue weighted by molar-refractivity contribution is 5.88. The molecule has 0 spiro atoms. The third-order valence-electron chi connectivity index (χ3n) is 2.57. The fourth-order valence-electron chi connectivity index (χ4n) is 1.57. The standard InChI is InChI=1S/C11H21NO/c1-6-9-10(13)11(4,5)12(7-2)8-3/h6H,1,7-9H2,2-5H3. The van der Waals surface area contributed by atoms with Gasteiger partial charge >= 0.3 is 0 Å². The molecule has 0 aromatic heterocycles. The Labute approximate surface area is 81.6 Å². The highest BCUT2D eigenvalue weighted by Crippen LogP contribution is 2.16. The van der Waals surface area contributed by atoms with Gasteiger partial charge in [0.1, 0.15) is 0 Å². The maximum Gasteiger partial charge on any atom is 0.156 e. The van der Waals surface area contributed by atoms with Crippen LogP contribution in [0.5, 0.6) is 0 Å². The predicted octanol–water partition coefficient (Wildman–Crippen LogP) is 2.25. The lowest BCUT2D eigenvalue weighted by Gasteiger charge is -2.35. The zero-order chi connectivity index (χ0) is 10.5. The van der Waals surface area contributed by atoms with Gasteiger partial charge in [-0.15, -0.1) is 6.58 Å². The molecule has 0 aliphatic carbocycles. The molecule has 0 saturated carbocycles. The Morgan fingerprint density at radius 1 is 1.38 bits per heavy atom. The van der Waals surface area contributed by atoms with Gasteiger partial charge in [-0.3, -0.25) is 9.69 Å². The van der Waals surface area contributed by atoms with E-state index >= 15 is 0 Å². The van der Waals surface area contributed by atoms with Crippen molar-refractivity contribution in [3.05, 3.63) is 12.7 Å². The maximum atomic E-state index is 11.7. The van der Waals surface area contributed by atoms with Crippen LogP contribution in [0.2, 0.25) is 0 Å². The van der Waals surface area contributed by atoms with Crippen molar-refractivity contribution in [2.24, 2.45) is 0 Å². The van der Waals surface area contributed by atoms with E-state index in [4.69, 9.17) is 0 Å². The van der Waals surface area contributed by atoms with Crippen LogP contribution in [0.1, 0.15) is 34.1 Å². The summed E-state index contributed by atoms with van der Waals surface area (Å²) in [4.78, 5) is 13.9. The van der Waals surface area contributed by atoms with Crippen LogP contribution < -0.4 is 0 Å². The largest absolute Gasteiger partial charge is 0.297 e. The van der Waals surface area contributed by atoms with Crippen molar-refractivity contribution in [2.45, 2.75) is 39.7 Å². The van der Waals surface area contributed by atoms with Crippen LogP contribution in [0.3, 0.4) is 0 Å². The van der Waals surface area contributed by atoms with Crippen LogP contribution >= 0.6 is 0 Å². The first kappa shape index (κ1) is 12.4. The molecule has 0 bridgehead atoms. The molecule has 0 aromatic rings. The van der Waals surface area contributed by atoms with E-state index in [9.17, 15) is 4.79 Å². The molecule has 0 unspecified atom stereocenters. The minimum Gasteiger partial charge on any atom is -0.297 e. The molecule has 0 fully saturated rings. The Morgan fingerprint density at radius 3 is 2.15 bits per heavy atom. The molecule has 0 heterocycles. The molecule has 0 saturated heterocycles. The van der Waals surface area contributed by atoms with Crippen molar-refractivity contribution >= 4 is 5.78 Å². The summed E-state index contributed by atoms with van der Waals surface area (Å²) >= 11 is 0. The normalized spacial score (nSPS) is 11.8. The van der Waals surface area contributed by atoms with Crippen molar-refractivity contribution < 1.29 is 4.79 Å². The Bertz CT molecular complexity index is 181. The molecule has 2 heteroatoms. The number of likely N-dealkylation sites (N-methyl/N-ethyl adjacent to an activating group) is 1. The first-order chi connectivity index (χ1) is 6.00. The maximum absolute atomic E-state index is 11.7.